The van der Waals surface area contributed by atoms with Gasteiger partial charge in [-0.05, 0) is 11.1 Å². The molecular formula is C16H14O3. The standard InChI is InChI=1S/C16H14O3/c1-3-7-12(8-4-1)16(13-9-5-2-6-10-13)15-14(18-15)11-17-19-16/h1-10,14-15H,11H2/t14-,15+/m0/s1. The molecule has 3 heteroatoms. The maximum Gasteiger partial charge on any atom is 0.182 e. The normalized spacial score (nSPS) is 27.6. The van der Waals surface area contributed by atoms with Crippen LogP contribution in [0.25, 0.3) is 0 Å². The van der Waals surface area contributed by atoms with Crippen molar-refractivity contribution in [1.82, 2.24) is 0 Å². The lowest BCUT2D eigenvalue weighted by Crippen LogP contribution is -2.42. The molecule has 96 valence electrons. The first-order chi connectivity index (χ1) is 9.41. The third kappa shape index (κ3) is 1.63. The van der Waals surface area contributed by atoms with Crippen molar-refractivity contribution in [1.29, 1.82) is 0 Å². The van der Waals surface area contributed by atoms with Crippen molar-refractivity contribution in [3.8, 4) is 0 Å². The average Bonchev–Trinajstić information content (AvgIpc) is 3.28. The summed E-state index contributed by atoms with van der Waals surface area (Å²) in [6.07, 6.45) is 0.167. The van der Waals surface area contributed by atoms with Crippen LogP contribution in [0.1, 0.15) is 11.1 Å². The molecular weight excluding hydrogens is 240 g/mol. The van der Waals surface area contributed by atoms with Gasteiger partial charge in [0.15, 0.2) is 5.60 Å². The van der Waals surface area contributed by atoms with Crippen LogP contribution in [0, 0.1) is 0 Å². The Balaban J connectivity index is 1.89. The van der Waals surface area contributed by atoms with Crippen molar-refractivity contribution in [3.63, 3.8) is 0 Å². The highest BCUT2D eigenvalue weighted by atomic mass is 17.2. The highest BCUT2D eigenvalue weighted by Gasteiger charge is 2.61. The number of epoxide rings is 1. The summed E-state index contributed by atoms with van der Waals surface area (Å²) in [4.78, 5) is 11.1. The smallest absolute Gasteiger partial charge is 0.182 e. The fourth-order valence-corrected chi connectivity index (χ4v) is 2.83. The van der Waals surface area contributed by atoms with E-state index in [0.717, 1.165) is 11.1 Å². The van der Waals surface area contributed by atoms with Crippen molar-refractivity contribution in [2.24, 2.45) is 0 Å². The molecule has 3 nitrogen and oxygen atoms in total. The van der Waals surface area contributed by atoms with E-state index >= 15 is 0 Å². The summed E-state index contributed by atoms with van der Waals surface area (Å²) >= 11 is 0. The third-order valence-electron chi connectivity index (χ3n) is 3.81. The Morgan fingerprint density at radius 3 is 2.00 bits per heavy atom. The Labute approximate surface area is 111 Å². The molecule has 0 aromatic heterocycles. The molecule has 0 saturated carbocycles. The molecule has 0 amide bonds. The zero-order valence-corrected chi connectivity index (χ0v) is 10.4. The molecule has 2 fully saturated rings. The van der Waals surface area contributed by atoms with Crippen LogP contribution in [0.2, 0.25) is 0 Å². The molecule has 2 aromatic carbocycles. The second kappa shape index (κ2) is 4.17. The van der Waals surface area contributed by atoms with Crippen molar-refractivity contribution in [2.75, 3.05) is 6.61 Å². The maximum atomic E-state index is 5.77. The number of fused-ring (bicyclic) bond motifs is 1. The van der Waals surface area contributed by atoms with Crippen LogP contribution >= 0.6 is 0 Å². The van der Waals surface area contributed by atoms with Crippen LogP contribution in [0.4, 0.5) is 0 Å². The number of rotatable bonds is 2. The molecule has 0 spiro atoms. The van der Waals surface area contributed by atoms with E-state index in [1.807, 2.05) is 36.4 Å². The first kappa shape index (κ1) is 11.2. The molecule has 0 radical (unpaired) electrons. The van der Waals surface area contributed by atoms with Crippen LogP contribution in [-0.2, 0) is 20.1 Å². The van der Waals surface area contributed by atoms with Gasteiger partial charge in [-0.25, -0.2) is 9.78 Å². The number of hydrogen-bond donors (Lipinski definition) is 0. The molecule has 0 unspecified atom stereocenters. The molecule has 19 heavy (non-hydrogen) atoms. The minimum Gasteiger partial charge on any atom is -0.363 e. The van der Waals surface area contributed by atoms with Crippen LogP contribution in [0.15, 0.2) is 60.7 Å². The molecule has 2 heterocycles. The SMILES string of the molecule is c1ccc(C2(c3ccccc3)OOC[C@@H]3O[C@H]32)cc1. The van der Waals surface area contributed by atoms with E-state index in [0.29, 0.717) is 6.61 Å². The van der Waals surface area contributed by atoms with Crippen molar-refractivity contribution >= 4 is 0 Å². The highest BCUT2D eigenvalue weighted by molar-refractivity contribution is 5.40. The van der Waals surface area contributed by atoms with Crippen LogP contribution < -0.4 is 0 Å². The number of benzene rings is 2. The van der Waals surface area contributed by atoms with Gasteiger partial charge in [0.05, 0.1) is 0 Å². The Kier molecular flexibility index (Phi) is 2.45. The van der Waals surface area contributed by atoms with Crippen molar-refractivity contribution in [2.45, 2.75) is 17.8 Å². The Morgan fingerprint density at radius 2 is 1.42 bits per heavy atom. The molecule has 2 aromatic rings. The maximum absolute atomic E-state index is 5.77. The zero-order valence-electron chi connectivity index (χ0n) is 10.4. The van der Waals surface area contributed by atoms with E-state index in [4.69, 9.17) is 14.5 Å². The molecule has 2 saturated heterocycles. The van der Waals surface area contributed by atoms with E-state index in [1.54, 1.807) is 0 Å². The van der Waals surface area contributed by atoms with Gasteiger partial charge in [0.1, 0.15) is 18.8 Å². The van der Waals surface area contributed by atoms with Gasteiger partial charge in [-0.1, -0.05) is 60.7 Å². The second-order valence-electron chi connectivity index (χ2n) is 4.93. The lowest BCUT2D eigenvalue weighted by molar-refractivity contribution is -0.369. The molecule has 2 aliphatic heterocycles. The zero-order chi connectivity index (χ0) is 12.7. The summed E-state index contributed by atoms with van der Waals surface area (Å²) in [5, 5.41) is 0. The largest absolute Gasteiger partial charge is 0.363 e. The van der Waals surface area contributed by atoms with Gasteiger partial charge in [-0.3, -0.25) is 0 Å². The third-order valence-corrected chi connectivity index (χ3v) is 3.81. The van der Waals surface area contributed by atoms with E-state index in [9.17, 15) is 0 Å². The van der Waals surface area contributed by atoms with Gasteiger partial charge >= 0.3 is 0 Å². The predicted octanol–water partition coefficient (Wildman–Crippen LogP) is 2.66. The van der Waals surface area contributed by atoms with E-state index < -0.39 is 5.60 Å². The van der Waals surface area contributed by atoms with Crippen LogP contribution in [-0.4, -0.2) is 18.8 Å². The van der Waals surface area contributed by atoms with Crippen LogP contribution in [0.5, 0.6) is 0 Å². The lowest BCUT2D eigenvalue weighted by atomic mass is 9.82. The summed E-state index contributed by atoms with van der Waals surface area (Å²) in [6.45, 7) is 0.506. The summed E-state index contributed by atoms with van der Waals surface area (Å²) in [5.41, 5.74) is 1.48. The molecule has 2 atom stereocenters. The Morgan fingerprint density at radius 1 is 0.842 bits per heavy atom. The summed E-state index contributed by atoms with van der Waals surface area (Å²) < 4.78 is 5.75. The molecule has 4 rings (SSSR count). The first-order valence-corrected chi connectivity index (χ1v) is 6.48. The molecule has 2 aliphatic rings. The summed E-state index contributed by atoms with van der Waals surface area (Å²) in [6, 6.07) is 20.3. The monoisotopic (exact) mass is 254 g/mol. The quantitative estimate of drug-likeness (QED) is 0.610. The molecule has 0 bridgehead atoms. The molecule has 0 N–H and O–H groups in total. The highest BCUT2D eigenvalue weighted by Crippen LogP contribution is 2.49. The predicted molar refractivity (Wildman–Crippen MR) is 69.4 cm³/mol. The fraction of sp³-hybridized carbons (Fsp3) is 0.250. The fourth-order valence-electron chi connectivity index (χ4n) is 2.83. The van der Waals surface area contributed by atoms with E-state index in [1.165, 1.54) is 0 Å². The summed E-state index contributed by atoms with van der Waals surface area (Å²) in [5.74, 6) is 0. The number of hydrogen-bond acceptors (Lipinski definition) is 3. The van der Waals surface area contributed by atoms with Gasteiger partial charge in [-0.15, -0.1) is 0 Å². The van der Waals surface area contributed by atoms with Crippen LogP contribution in [0.3, 0.4) is 0 Å². The second-order valence-corrected chi connectivity index (χ2v) is 4.93. The van der Waals surface area contributed by atoms with Gasteiger partial charge in [0.2, 0.25) is 0 Å². The summed E-state index contributed by atoms with van der Waals surface area (Å²) in [7, 11) is 0. The molecule has 0 aliphatic carbocycles. The van der Waals surface area contributed by atoms with Gasteiger partial charge in [0.25, 0.3) is 0 Å². The topological polar surface area (TPSA) is 31.0 Å². The van der Waals surface area contributed by atoms with Gasteiger partial charge in [-0.2, -0.15) is 0 Å². The van der Waals surface area contributed by atoms with Gasteiger partial charge < -0.3 is 4.74 Å². The van der Waals surface area contributed by atoms with E-state index in [2.05, 4.69) is 24.3 Å². The van der Waals surface area contributed by atoms with Crippen molar-refractivity contribution in [3.05, 3.63) is 71.8 Å². The van der Waals surface area contributed by atoms with Crippen molar-refractivity contribution < 1.29 is 14.5 Å². The first-order valence-electron chi connectivity index (χ1n) is 6.48. The minimum absolute atomic E-state index is 0.0334. The minimum atomic E-state index is -0.647. The number of ether oxygens (including phenoxy) is 1. The lowest BCUT2D eigenvalue weighted by Gasteiger charge is -2.34. The van der Waals surface area contributed by atoms with Gasteiger partial charge in [0, 0.05) is 0 Å². The Hall–Kier alpha value is -1.68. The Bertz CT molecular complexity index is 528. The average molecular weight is 254 g/mol. The van der Waals surface area contributed by atoms with E-state index in [-0.39, 0.29) is 12.2 Å².